The maximum atomic E-state index is 14.7. The minimum Gasteiger partial charge on any atom is -0.461 e. The smallest absolute Gasteiger partial charge is 0.306 e. The summed E-state index contributed by atoms with van der Waals surface area (Å²) in [4.78, 5) is 12.1. The van der Waals surface area contributed by atoms with E-state index in [-0.39, 0.29) is 55.6 Å². The molecular formula is C33H52F2O6. The molecule has 1 aliphatic heterocycles. The monoisotopic (exact) mass is 582 g/mol. The minimum absolute atomic E-state index is 0.0200. The standard InChI is InChI=1S/C33H52F2O6/c1-3-24(2)22-33(34,35)30(37)19-18-27-26(28(36)21-29(27)41-32-17-11-12-20-39-32)15-9-4-5-10-16-31(38)40-23-25-13-7-6-8-14-25/h6-8,13-14,24,26-30,32,36-37H,3-5,9-12,15-23H2,1-2H3/t24-,26+,27+,28+,29+,30?,32?/m0/s1. The fraction of sp³-hybridized carbons (Fsp3) is 0.788. The van der Waals surface area contributed by atoms with Crippen molar-refractivity contribution in [1.29, 1.82) is 0 Å². The second-order valence-corrected chi connectivity index (χ2v) is 12.3. The van der Waals surface area contributed by atoms with Gasteiger partial charge in [0.1, 0.15) is 12.7 Å². The fourth-order valence-corrected chi connectivity index (χ4v) is 6.24. The molecule has 2 fully saturated rings. The molecule has 2 unspecified atom stereocenters. The predicted molar refractivity (Wildman–Crippen MR) is 154 cm³/mol. The third kappa shape index (κ3) is 11.5. The van der Waals surface area contributed by atoms with Crippen molar-refractivity contribution in [3.63, 3.8) is 0 Å². The highest BCUT2D eigenvalue weighted by molar-refractivity contribution is 5.69. The molecule has 0 aromatic heterocycles. The summed E-state index contributed by atoms with van der Waals surface area (Å²) < 4.78 is 46.8. The molecule has 41 heavy (non-hydrogen) atoms. The van der Waals surface area contributed by atoms with Crippen LogP contribution in [0.5, 0.6) is 0 Å². The number of hydrogen-bond acceptors (Lipinski definition) is 6. The Bertz CT molecular complexity index is 863. The third-order valence-corrected chi connectivity index (χ3v) is 8.95. The van der Waals surface area contributed by atoms with Crippen LogP contribution in [0.15, 0.2) is 30.3 Å². The van der Waals surface area contributed by atoms with Crippen molar-refractivity contribution in [1.82, 2.24) is 0 Å². The van der Waals surface area contributed by atoms with Gasteiger partial charge in [-0.05, 0) is 68.3 Å². The summed E-state index contributed by atoms with van der Waals surface area (Å²) in [5.41, 5.74) is 0.967. The Hall–Kier alpha value is -1.61. The molecule has 1 aromatic carbocycles. The van der Waals surface area contributed by atoms with E-state index in [0.717, 1.165) is 56.9 Å². The van der Waals surface area contributed by atoms with Crippen molar-refractivity contribution in [3.05, 3.63) is 35.9 Å². The van der Waals surface area contributed by atoms with Crippen LogP contribution in [0, 0.1) is 17.8 Å². The number of aliphatic hydroxyl groups excluding tert-OH is 2. The van der Waals surface area contributed by atoms with E-state index in [1.807, 2.05) is 37.3 Å². The largest absolute Gasteiger partial charge is 0.461 e. The lowest BCUT2D eigenvalue weighted by atomic mass is 9.83. The normalized spacial score (nSPS) is 26.5. The van der Waals surface area contributed by atoms with Gasteiger partial charge in [-0.15, -0.1) is 0 Å². The van der Waals surface area contributed by atoms with Gasteiger partial charge in [0.2, 0.25) is 0 Å². The summed E-state index contributed by atoms with van der Waals surface area (Å²) in [5.74, 6) is -3.68. The highest BCUT2D eigenvalue weighted by Gasteiger charge is 2.45. The van der Waals surface area contributed by atoms with Crippen molar-refractivity contribution < 1.29 is 38.0 Å². The number of halogens is 2. The van der Waals surface area contributed by atoms with Crippen molar-refractivity contribution in [2.24, 2.45) is 17.8 Å². The van der Waals surface area contributed by atoms with Crippen LogP contribution in [0.1, 0.15) is 109 Å². The van der Waals surface area contributed by atoms with Crippen LogP contribution in [0.2, 0.25) is 0 Å². The van der Waals surface area contributed by atoms with E-state index in [4.69, 9.17) is 14.2 Å². The molecule has 8 heteroatoms. The summed E-state index contributed by atoms with van der Waals surface area (Å²) >= 11 is 0. The van der Waals surface area contributed by atoms with Gasteiger partial charge in [0.15, 0.2) is 6.29 Å². The van der Waals surface area contributed by atoms with Crippen LogP contribution in [0.25, 0.3) is 0 Å². The Balaban J connectivity index is 1.46. The lowest BCUT2D eigenvalue weighted by molar-refractivity contribution is -0.197. The number of benzene rings is 1. The SMILES string of the molecule is CC[C@H](C)CC(F)(F)C(O)CC[C@@H]1[C@@H](CCCCCCC(=O)OCc2ccccc2)[C@H](O)C[C@H]1OC1CCCCO1. The molecular weight excluding hydrogens is 530 g/mol. The highest BCUT2D eigenvalue weighted by Crippen LogP contribution is 2.43. The number of alkyl halides is 2. The van der Waals surface area contributed by atoms with Crippen molar-refractivity contribution in [2.75, 3.05) is 6.61 Å². The molecule has 0 radical (unpaired) electrons. The van der Waals surface area contributed by atoms with Gasteiger partial charge < -0.3 is 24.4 Å². The van der Waals surface area contributed by atoms with Crippen LogP contribution in [-0.2, 0) is 25.6 Å². The summed E-state index contributed by atoms with van der Waals surface area (Å²) in [7, 11) is 0. The topological polar surface area (TPSA) is 85.2 Å². The molecule has 1 saturated heterocycles. The Morgan fingerprint density at radius 3 is 2.56 bits per heavy atom. The van der Waals surface area contributed by atoms with E-state index >= 15 is 0 Å². The first-order valence-electron chi connectivity index (χ1n) is 15.9. The molecule has 1 aliphatic carbocycles. The molecule has 7 atom stereocenters. The van der Waals surface area contributed by atoms with Crippen LogP contribution in [0.4, 0.5) is 8.78 Å². The number of aliphatic hydroxyl groups is 2. The summed E-state index contributed by atoms with van der Waals surface area (Å²) in [6.07, 6.45) is 5.64. The molecule has 0 spiro atoms. The molecule has 2 N–H and O–H groups in total. The van der Waals surface area contributed by atoms with Gasteiger partial charge in [-0.1, -0.05) is 69.9 Å². The second-order valence-electron chi connectivity index (χ2n) is 12.3. The fourth-order valence-electron chi connectivity index (χ4n) is 6.24. The Morgan fingerprint density at radius 2 is 1.85 bits per heavy atom. The van der Waals surface area contributed by atoms with Crippen molar-refractivity contribution in [3.8, 4) is 0 Å². The lowest BCUT2D eigenvalue weighted by Crippen LogP contribution is -2.37. The predicted octanol–water partition coefficient (Wildman–Crippen LogP) is 7.19. The Kier molecular flexibility index (Phi) is 14.5. The quantitative estimate of drug-likeness (QED) is 0.141. The third-order valence-electron chi connectivity index (χ3n) is 8.95. The zero-order chi connectivity index (χ0) is 29.7. The van der Waals surface area contributed by atoms with Gasteiger partial charge in [0, 0.05) is 25.9 Å². The minimum atomic E-state index is -3.13. The van der Waals surface area contributed by atoms with E-state index in [2.05, 4.69) is 0 Å². The van der Waals surface area contributed by atoms with Gasteiger partial charge in [0.25, 0.3) is 5.92 Å². The van der Waals surface area contributed by atoms with Gasteiger partial charge in [0.05, 0.1) is 12.2 Å². The Labute approximate surface area is 245 Å². The first kappa shape index (κ1) is 33.9. The molecule has 3 rings (SSSR count). The maximum absolute atomic E-state index is 14.7. The van der Waals surface area contributed by atoms with Crippen molar-refractivity contribution >= 4 is 5.97 Å². The first-order valence-corrected chi connectivity index (χ1v) is 15.9. The van der Waals surface area contributed by atoms with Crippen LogP contribution < -0.4 is 0 Å². The lowest BCUT2D eigenvalue weighted by Gasteiger charge is -2.32. The van der Waals surface area contributed by atoms with Gasteiger partial charge in [-0.25, -0.2) is 8.78 Å². The van der Waals surface area contributed by atoms with Gasteiger partial charge in [-0.3, -0.25) is 4.79 Å². The molecule has 0 amide bonds. The van der Waals surface area contributed by atoms with Crippen LogP contribution in [-0.4, -0.2) is 53.3 Å². The number of rotatable bonds is 18. The van der Waals surface area contributed by atoms with Crippen LogP contribution >= 0.6 is 0 Å². The summed E-state index contributed by atoms with van der Waals surface area (Å²) in [5, 5.41) is 21.4. The van der Waals surface area contributed by atoms with E-state index in [1.165, 1.54) is 0 Å². The van der Waals surface area contributed by atoms with Crippen LogP contribution in [0.3, 0.4) is 0 Å². The number of carbonyl (C=O) groups is 1. The number of hydrogen-bond donors (Lipinski definition) is 2. The molecule has 6 nitrogen and oxygen atoms in total. The highest BCUT2D eigenvalue weighted by atomic mass is 19.3. The number of unbranched alkanes of at least 4 members (excludes halogenated alkanes) is 3. The van der Waals surface area contributed by atoms with Crippen molar-refractivity contribution in [2.45, 2.75) is 141 Å². The molecule has 2 aliphatic rings. The average molecular weight is 583 g/mol. The molecule has 234 valence electrons. The molecule has 1 aromatic rings. The number of ether oxygens (including phenoxy) is 3. The van der Waals surface area contributed by atoms with Gasteiger partial charge >= 0.3 is 5.97 Å². The summed E-state index contributed by atoms with van der Waals surface area (Å²) in [6.45, 7) is 4.60. The zero-order valence-corrected chi connectivity index (χ0v) is 25.0. The van der Waals surface area contributed by atoms with E-state index in [0.29, 0.717) is 32.3 Å². The van der Waals surface area contributed by atoms with E-state index < -0.39 is 18.1 Å². The average Bonchev–Trinajstić information content (AvgIpc) is 3.26. The molecule has 1 heterocycles. The van der Waals surface area contributed by atoms with Gasteiger partial charge in [-0.2, -0.15) is 0 Å². The number of esters is 1. The second kappa shape index (κ2) is 17.5. The molecule has 1 saturated carbocycles. The number of carbonyl (C=O) groups excluding carboxylic acids is 1. The van der Waals surface area contributed by atoms with E-state index in [9.17, 15) is 23.8 Å². The summed E-state index contributed by atoms with van der Waals surface area (Å²) in [6, 6.07) is 9.61. The molecule has 0 bridgehead atoms. The Morgan fingerprint density at radius 1 is 1.10 bits per heavy atom. The zero-order valence-electron chi connectivity index (χ0n) is 25.0. The van der Waals surface area contributed by atoms with E-state index in [1.54, 1.807) is 6.92 Å². The first-order chi connectivity index (χ1) is 19.7. The maximum Gasteiger partial charge on any atom is 0.306 e.